The number of aryl methyl sites for hydroxylation is 2. The summed E-state index contributed by atoms with van der Waals surface area (Å²) in [5.41, 5.74) is -0.389. The third-order valence-electron chi connectivity index (χ3n) is 5.71. The van der Waals surface area contributed by atoms with Crippen molar-refractivity contribution in [2.45, 2.75) is 46.1 Å². The van der Waals surface area contributed by atoms with Gasteiger partial charge in [-0.25, -0.2) is 9.59 Å². The second kappa shape index (κ2) is 7.07. The van der Waals surface area contributed by atoms with E-state index in [1.807, 2.05) is 13.8 Å². The predicted octanol–water partition coefficient (Wildman–Crippen LogP) is 1.78. The first kappa shape index (κ1) is 20.1. The minimum absolute atomic E-state index is 0.191. The summed E-state index contributed by atoms with van der Waals surface area (Å²) in [7, 11) is 1.52. The number of likely N-dealkylation sites (tertiary alicyclic amines) is 1. The Kier molecular flexibility index (Phi) is 5.08. The second-order valence-electron chi connectivity index (χ2n) is 8.15. The van der Waals surface area contributed by atoms with Crippen LogP contribution in [0.1, 0.15) is 48.4 Å². The number of nitrogens with zero attached hydrogens (tertiary/aromatic N) is 3. The number of amides is 4. The van der Waals surface area contributed by atoms with E-state index >= 15 is 0 Å². The van der Waals surface area contributed by atoms with E-state index in [4.69, 9.17) is 4.42 Å². The lowest BCUT2D eigenvalue weighted by Gasteiger charge is -2.42. The number of carbonyl (C=O) groups is 3. The number of urea groups is 1. The van der Waals surface area contributed by atoms with E-state index in [2.05, 4.69) is 0 Å². The molecule has 2 aliphatic heterocycles. The molecule has 28 heavy (non-hydrogen) atoms. The highest BCUT2D eigenvalue weighted by molar-refractivity contribution is 6.07. The van der Waals surface area contributed by atoms with Crippen LogP contribution in [0.3, 0.4) is 0 Å². The summed E-state index contributed by atoms with van der Waals surface area (Å²) in [6.45, 7) is 8.56. The third-order valence-corrected chi connectivity index (χ3v) is 5.71. The number of imide groups is 1. The molecule has 0 bridgehead atoms. The van der Waals surface area contributed by atoms with Crippen LogP contribution in [0.15, 0.2) is 15.3 Å². The van der Waals surface area contributed by atoms with E-state index in [1.165, 1.54) is 18.0 Å². The molecule has 2 saturated heterocycles. The summed E-state index contributed by atoms with van der Waals surface area (Å²) in [4.78, 5) is 54.5. The zero-order chi connectivity index (χ0) is 20.8. The smallest absolute Gasteiger partial charge is 0.336 e. The lowest BCUT2D eigenvalue weighted by Crippen LogP contribution is -2.58. The van der Waals surface area contributed by atoms with Crippen LogP contribution < -0.4 is 5.63 Å². The zero-order valence-electron chi connectivity index (χ0n) is 17.1. The maximum atomic E-state index is 13.0. The average Bonchev–Trinajstić information content (AvgIpc) is 2.77. The van der Waals surface area contributed by atoms with Crippen molar-refractivity contribution in [2.24, 2.45) is 5.92 Å². The summed E-state index contributed by atoms with van der Waals surface area (Å²) < 4.78 is 5.08. The molecule has 8 nitrogen and oxygen atoms in total. The maximum Gasteiger partial charge on any atom is 0.336 e. The highest BCUT2D eigenvalue weighted by atomic mass is 16.4. The molecule has 2 aliphatic rings. The highest BCUT2D eigenvalue weighted by Crippen LogP contribution is 2.37. The van der Waals surface area contributed by atoms with Crippen molar-refractivity contribution >= 4 is 17.8 Å². The van der Waals surface area contributed by atoms with Crippen LogP contribution in [-0.2, 0) is 4.79 Å². The molecule has 8 heteroatoms. The van der Waals surface area contributed by atoms with Crippen LogP contribution in [-0.4, -0.2) is 64.8 Å². The Bertz CT molecular complexity index is 854. The van der Waals surface area contributed by atoms with E-state index in [0.717, 1.165) is 0 Å². The van der Waals surface area contributed by atoms with E-state index in [0.29, 0.717) is 49.4 Å². The topological polar surface area (TPSA) is 91.1 Å². The molecule has 0 unspecified atom stereocenters. The molecular weight excluding hydrogens is 362 g/mol. The molecule has 0 aromatic carbocycles. The lowest BCUT2D eigenvalue weighted by atomic mass is 9.85. The van der Waals surface area contributed by atoms with Gasteiger partial charge in [0.1, 0.15) is 11.3 Å². The molecule has 2 fully saturated rings. The number of likely N-dealkylation sites (N-methyl/N-ethyl adjacent to an activating group) is 1. The van der Waals surface area contributed by atoms with Crippen LogP contribution >= 0.6 is 0 Å². The maximum absolute atomic E-state index is 13.0. The summed E-state index contributed by atoms with van der Waals surface area (Å²) in [6, 6.07) is 1.04. The van der Waals surface area contributed by atoms with Gasteiger partial charge in [-0.1, -0.05) is 13.8 Å². The van der Waals surface area contributed by atoms with Crippen LogP contribution in [0.25, 0.3) is 0 Å². The van der Waals surface area contributed by atoms with Crippen LogP contribution in [0, 0.1) is 19.8 Å². The second-order valence-corrected chi connectivity index (χ2v) is 8.15. The zero-order valence-corrected chi connectivity index (χ0v) is 17.1. The standard InChI is InChI=1S/C20H27N3O5/c1-12(2)11-23-19(27)21(5)18(26)20(23)6-8-22(9-7-20)17(25)16-13(3)10-15(24)28-14(16)4/h10,12H,6-9,11H2,1-5H3. The molecule has 0 saturated carbocycles. The quantitative estimate of drug-likeness (QED) is 0.735. The average molecular weight is 389 g/mol. The molecule has 1 aromatic rings. The van der Waals surface area contributed by atoms with Gasteiger partial charge < -0.3 is 14.2 Å². The number of rotatable bonds is 3. The fourth-order valence-corrected chi connectivity index (χ4v) is 4.30. The molecule has 0 radical (unpaired) electrons. The lowest BCUT2D eigenvalue weighted by molar-refractivity contribution is -0.134. The fourth-order valence-electron chi connectivity index (χ4n) is 4.30. The van der Waals surface area contributed by atoms with Crippen molar-refractivity contribution < 1.29 is 18.8 Å². The Balaban J connectivity index is 1.83. The van der Waals surface area contributed by atoms with Crippen LogP contribution in [0.5, 0.6) is 0 Å². The molecular formula is C20H27N3O5. The fraction of sp³-hybridized carbons (Fsp3) is 0.600. The number of hydrogen-bond acceptors (Lipinski definition) is 5. The molecule has 0 atom stereocenters. The monoisotopic (exact) mass is 389 g/mol. The molecule has 3 heterocycles. The first-order valence-corrected chi connectivity index (χ1v) is 9.59. The predicted molar refractivity (Wildman–Crippen MR) is 102 cm³/mol. The van der Waals surface area contributed by atoms with Gasteiger partial charge in [0.25, 0.3) is 11.8 Å². The summed E-state index contributed by atoms with van der Waals surface area (Å²) in [5.74, 6) is 0.123. The first-order valence-electron chi connectivity index (χ1n) is 9.59. The van der Waals surface area contributed by atoms with E-state index in [1.54, 1.807) is 23.6 Å². The van der Waals surface area contributed by atoms with Gasteiger partial charge in [-0.3, -0.25) is 14.5 Å². The molecule has 3 rings (SSSR count). The van der Waals surface area contributed by atoms with Crippen molar-refractivity contribution in [1.82, 2.24) is 14.7 Å². The van der Waals surface area contributed by atoms with Gasteiger partial charge in [-0.15, -0.1) is 0 Å². The number of piperidine rings is 1. The van der Waals surface area contributed by atoms with Gasteiger partial charge in [0.05, 0.1) is 5.56 Å². The Morgan fingerprint density at radius 2 is 1.79 bits per heavy atom. The normalized spacial score (nSPS) is 19.3. The SMILES string of the molecule is Cc1cc(=O)oc(C)c1C(=O)N1CCC2(CC1)C(=O)N(C)C(=O)N2CC(C)C. The largest absolute Gasteiger partial charge is 0.427 e. The number of hydrogen-bond donors (Lipinski definition) is 0. The van der Waals surface area contributed by atoms with Crippen LogP contribution in [0.2, 0.25) is 0 Å². The van der Waals surface area contributed by atoms with Gasteiger partial charge in [0, 0.05) is 32.7 Å². The van der Waals surface area contributed by atoms with E-state index in [-0.39, 0.29) is 23.8 Å². The van der Waals surface area contributed by atoms with Gasteiger partial charge >= 0.3 is 11.7 Å². The Morgan fingerprint density at radius 1 is 1.18 bits per heavy atom. The van der Waals surface area contributed by atoms with Gasteiger partial charge in [-0.05, 0) is 38.2 Å². The molecule has 1 aromatic heterocycles. The van der Waals surface area contributed by atoms with E-state index in [9.17, 15) is 19.2 Å². The molecule has 1 spiro atoms. The summed E-state index contributed by atoms with van der Waals surface area (Å²) in [6.07, 6.45) is 0.796. The van der Waals surface area contributed by atoms with E-state index < -0.39 is 11.2 Å². The Labute approximate surface area is 164 Å². The van der Waals surface area contributed by atoms with Crippen molar-refractivity contribution in [3.63, 3.8) is 0 Å². The van der Waals surface area contributed by atoms with Crippen molar-refractivity contribution in [1.29, 1.82) is 0 Å². The summed E-state index contributed by atoms with van der Waals surface area (Å²) >= 11 is 0. The summed E-state index contributed by atoms with van der Waals surface area (Å²) in [5, 5.41) is 0. The highest BCUT2D eigenvalue weighted by Gasteiger charge is 2.57. The van der Waals surface area contributed by atoms with Gasteiger partial charge in [0.2, 0.25) is 0 Å². The molecule has 152 valence electrons. The number of carbonyl (C=O) groups excluding carboxylic acids is 3. The third kappa shape index (κ3) is 3.10. The Morgan fingerprint density at radius 3 is 2.32 bits per heavy atom. The minimum Gasteiger partial charge on any atom is -0.427 e. The molecule has 0 N–H and O–H groups in total. The first-order chi connectivity index (χ1) is 13.1. The van der Waals surface area contributed by atoms with Gasteiger partial charge in [-0.2, -0.15) is 0 Å². The molecule has 0 aliphatic carbocycles. The van der Waals surface area contributed by atoms with Crippen molar-refractivity contribution in [3.05, 3.63) is 33.4 Å². The van der Waals surface area contributed by atoms with Crippen molar-refractivity contribution in [2.75, 3.05) is 26.7 Å². The Hall–Kier alpha value is -2.64. The van der Waals surface area contributed by atoms with Gasteiger partial charge in [0.15, 0.2) is 0 Å². The minimum atomic E-state index is -0.875. The van der Waals surface area contributed by atoms with Crippen LogP contribution in [0.4, 0.5) is 4.79 Å². The van der Waals surface area contributed by atoms with Crippen molar-refractivity contribution in [3.8, 4) is 0 Å². The molecule has 4 amide bonds.